The van der Waals surface area contributed by atoms with Crippen molar-refractivity contribution in [2.45, 2.75) is 13.3 Å². The molecule has 8 nitrogen and oxygen atoms in total. The molecule has 26 heavy (non-hydrogen) atoms. The van der Waals surface area contributed by atoms with Crippen LogP contribution >= 0.6 is 0 Å². The number of esters is 1. The predicted octanol–water partition coefficient (Wildman–Crippen LogP) is 2.02. The number of hydrogen-bond donors (Lipinski definition) is 1. The van der Waals surface area contributed by atoms with Gasteiger partial charge >= 0.3 is 5.97 Å². The molecular formula is C18H17N5O3. The van der Waals surface area contributed by atoms with Gasteiger partial charge in [-0.2, -0.15) is 0 Å². The van der Waals surface area contributed by atoms with Gasteiger partial charge in [0.05, 0.1) is 11.3 Å². The van der Waals surface area contributed by atoms with E-state index in [2.05, 4.69) is 27.8 Å². The first-order valence-electron chi connectivity index (χ1n) is 8.05. The highest BCUT2D eigenvalue weighted by Crippen LogP contribution is 2.11. The molecule has 1 heterocycles. The average molecular weight is 351 g/mol. The summed E-state index contributed by atoms with van der Waals surface area (Å²) in [6.07, 6.45) is 2.38. The number of hydrogen-bond acceptors (Lipinski definition) is 6. The first-order valence-corrected chi connectivity index (χ1v) is 8.05. The zero-order valence-corrected chi connectivity index (χ0v) is 14.1. The number of nitrogens with one attached hydrogen (secondary N) is 1. The normalized spacial score (nSPS) is 10.3. The summed E-state index contributed by atoms with van der Waals surface area (Å²) in [5.74, 6) is -0.974. The summed E-state index contributed by atoms with van der Waals surface area (Å²) in [4.78, 5) is 23.9. The Bertz CT molecular complexity index is 874. The Balaban J connectivity index is 1.52. The maximum Gasteiger partial charge on any atom is 0.338 e. The third kappa shape index (κ3) is 4.29. The van der Waals surface area contributed by atoms with Gasteiger partial charge in [-0.15, -0.1) is 5.10 Å². The number of nitrogens with zero attached hydrogens (tertiary/aromatic N) is 4. The lowest BCUT2D eigenvalue weighted by atomic mass is 10.1. The largest absolute Gasteiger partial charge is 0.452 e. The summed E-state index contributed by atoms with van der Waals surface area (Å²) < 4.78 is 6.50. The quantitative estimate of drug-likeness (QED) is 0.682. The monoisotopic (exact) mass is 351 g/mol. The SMILES string of the molecule is CCc1ccc(NC(=O)COC(=O)c2ccc(-n3cnnn3)cc2)cc1. The number of benzene rings is 2. The van der Waals surface area contributed by atoms with Gasteiger partial charge in [0.15, 0.2) is 6.61 Å². The van der Waals surface area contributed by atoms with E-state index in [1.807, 2.05) is 24.3 Å². The molecule has 0 saturated carbocycles. The van der Waals surface area contributed by atoms with E-state index in [1.54, 1.807) is 24.3 Å². The smallest absolute Gasteiger partial charge is 0.338 e. The van der Waals surface area contributed by atoms with Crippen LogP contribution in [-0.4, -0.2) is 38.7 Å². The number of aromatic nitrogens is 4. The first-order chi connectivity index (χ1) is 12.7. The molecule has 0 aliphatic heterocycles. The molecule has 1 aromatic heterocycles. The number of ether oxygens (including phenoxy) is 1. The topological polar surface area (TPSA) is 99.0 Å². The number of tetrazole rings is 1. The van der Waals surface area contributed by atoms with E-state index < -0.39 is 11.9 Å². The highest BCUT2D eigenvalue weighted by molar-refractivity contribution is 5.95. The second-order valence-electron chi connectivity index (χ2n) is 5.48. The van der Waals surface area contributed by atoms with Crippen LogP contribution in [0, 0.1) is 0 Å². The number of aryl methyl sites for hydroxylation is 1. The highest BCUT2D eigenvalue weighted by atomic mass is 16.5. The summed E-state index contributed by atoms with van der Waals surface area (Å²) in [5.41, 5.74) is 2.88. The van der Waals surface area contributed by atoms with Crippen LogP contribution in [0.15, 0.2) is 54.9 Å². The van der Waals surface area contributed by atoms with Crippen molar-refractivity contribution in [1.82, 2.24) is 20.2 Å². The minimum absolute atomic E-state index is 0.335. The molecule has 0 radical (unpaired) electrons. The zero-order chi connectivity index (χ0) is 18.4. The Labute approximate surface area is 149 Å². The van der Waals surface area contributed by atoms with Gasteiger partial charge in [0.2, 0.25) is 0 Å². The Morgan fingerprint density at radius 2 is 1.81 bits per heavy atom. The lowest BCUT2D eigenvalue weighted by Crippen LogP contribution is -2.20. The van der Waals surface area contributed by atoms with Crippen LogP contribution in [0.2, 0.25) is 0 Å². The van der Waals surface area contributed by atoms with Crippen LogP contribution in [0.4, 0.5) is 5.69 Å². The molecule has 132 valence electrons. The lowest BCUT2D eigenvalue weighted by Gasteiger charge is -2.07. The van der Waals surface area contributed by atoms with Crippen LogP contribution in [-0.2, 0) is 16.0 Å². The Morgan fingerprint density at radius 1 is 1.08 bits per heavy atom. The Morgan fingerprint density at radius 3 is 2.42 bits per heavy atom. The fourth-order valence-corrected chi connectivity index (χ4v) is 2.27. The molecule has 0 atom stereocenters. The van der Waals surface area contributed by atoms with Crippen molar-refractivity contribution in [1.29, 1.82) is 0 Å². The van der Waals surface area contributed by atoms with Gasteiger partial charge in [-0.25, -0.2) is 9.48 Å². The van der Waals surface area contributed by atoms with Crippen molar-refractivity contribution in [2.24, 2.45) is 0 Å². The molecule has 0 unspecified atom stereocenters. The van der Waals surface area contributed by atoms with Crippen molar-refractivity contribution in [3.8, 4) is 5.69 Å². The summed E-state index contributed by atoms with van der Waals surface area (Å²) in [6.45, 7) is 1.70. The molecule has 3 rings (SSSR count). The predicted molar refractivity (Wildman–Crippen MR) is 93.9 cm³/mol. The van der Waals surface area contributed by atoms with Crippen molar-refractivity contribution < 1.29 is 14.3 Å². The zero-order valence-electron chi connectivity index (χ0n) is 14.1. The molecule has 1 N–H and O–H groups in total. The van der Waals surface area contributed by atoms with Crippen molar-refractivity contribution in [3.63, 3.8) is 0 Å². The first kappa shape index (κ1) is 17.3. The molecular weight excluding hydrogens is 334 g/mol. The molecule has 2 aromatic carbocycles. The van der Waals surface area contributed by atoms with E-state index in [0.717, 1.165) is 6.42 Å². The van der Waals surface area contributed by atoms with E-state index in [4.69, 9.17) is 4.74 Å². The van der Waals surface area contributed by atoms with Crippen LogP contribution in [0.3, 0.4) is 0 Å². The summed E-state index contributed by atoms with van der Waals surface area (Å²) >= 11 is 0. The third-order valence-electron chi connectivity index (χ3n) is 3.70. The molecule has 3 aromatic rings. The summed E-state index contributed by atoms with van der Waals surface area (Å²) in [7, 11) is 0. The van der Waals surface area contributed by atoms with Gasteiger partial charge in [0, 0.05) is 5.69 Å². The maximum atomic E-state index is 12.0. The number of anilines is 1. The van der Waals surface area contributed by atoms with Crippen molar-refractivity contribution in [3.05, 3.63) is 66.0 Å². The number of rotatable bonds is 6. The molecule has 1 amide bonds. The summed E-state index contributed by atoms with van der Waals surface area (Å²) in [5, 5.41) is 13.5. The maximum absolute atomic E-state index is 12.0. The van der Waals surface area contributed by atoms with Crippen molar-refractivity contribution in [2.75, 3.05) is 11.9 Å². The highest BCUT2D eigenvalue weighted by Gasteiger charge is 2.11. The standard InChI is InChI=1S/C18H17N5O3/c1-2-13-3-7-15(8-4-13)20-17(24)11-26-18(25)14-5-9-16(10-6-14)23-12-19-21-22-23/h3-10,12H,2,11H2,1H3,(H,20,24). The number of carbonyl (C=O) groups is 2. The molecule has 8 heteroatoms. The van der Waals surface area contributed by atoms with Gasteiger partial charge in [0.25, 0.3) is 5.91 Å². The van der Waals surface area contributed by atoms with E-state index in [1.165, 1.54) is 16.6 Å². The molecule has 0 spiro atoms. The van der Waals surface area contributed by atoms with Crippen LogP contribution in [0.1, 0.15) is 22.8 Å². The fraction of sp³-hybridized carbons (Fsp3) is 0.167. The number of carbonyl (C=O) groups excluding carboxylic acids is 2. The van der Waals surface area contributed by atoms with E-state index in [-0.39, 0.29) is 6.61 Å². The molecule has 0 fully saturated rings. The molecule has 0 aliphatic carbocycles. The Hall–Kier alpha value is -3.55. The summed E-state index contributed by atoms with van der Waals surface area (Å²) in [6, 6.07) is 14.0. The van der Waals surface area contributed by atoms with Gasteiger partial charge in [0.1, 0.15) is 6.33 Å². The van der Waals surface area contributed by atoms with Gasteiger partial charge in [-0.05, 0) is 58.8 Å². The second kappa shape index (κ2) is 8.02. The molecule has 0 saturated heterocycles. The van der Waals surface area contributed by atoms with Gasteiger partial charge < -0.3 is 10.1 Å². The average Bonchev–Trinajstić information content (AvgIpc) is 3.21. The van der Waals surface area contributed by atoms with Crippen LogP contribution < -0.4 is 5.32 Å². The lowest BCUT2D eigenvalue weighted by molar-refractivity contribution is -0.119. The minimum atomic E-state index is -0.579. The van der Waals surface area contributed by atoms with E-state index >= 15 is 0 Å². The van der Waals surface area contributed by atoms with E-state index in [9.17, 15) is 9.59 Å². The minimum Gasteiger partial charge on any atom is -0.452 e. The molecule has 0 bridgehead atoms. The molecule has 0 aliphatic rings. The van der Waals surface area contributed by atoms with Gasteiger partial charge in [-0.1, -0.05) is 19.1 Å². The van der Waals surface area contributed by atoms with Gasteiger partial charge in [-0.3, -0.25) is 4.79 Å². The number of amides is 1. The van der Waals surface area contributed by atoms with Crippen molar-refractivity contribution >= 4 is 17.6 Å². The van der Waals surface area contributed by atoms with Crippen LogP contribution in [0.5, 0.6) is 0 Å². The fourth-order valence-electron chi connectivity index (χ4n) is 2.27. The third-order valence-corrected chi connectivity index (χ3v) is 3.70. The second-order valence-corrected chi connectivity index (χ2v) is 5.48. The van der Waals surface area contributed by atoms with E-state index in [0.29, 0.717) is 16.9 Å². The Kier molecular flexibility index (Phi) is 5.33. The van der Waals surface area contributed by atoms with Crippen LogP contribution in [0.25, 0.3) is 5.69 Å².